The summed E-state index contributed by atoms with van der Waals surface area (Å²) >= 11 is 0. The zero-order valence-electron chi connectivity index (χ0n) is 13.2. The summed E-state index contributed by atoms with van der Waals surface area (Å²) in [6.45, 7) is 3.86. The van der Waals surface area contributed by atoms with Gasteiger partial charge in [-0.2, -0.15) is 0 Å². The molecular formula is C16H22N2O4. The maximum absolute atomic E-state index is 12.1. The van der Waals surface area contributed by atoms with Gasteiger partial charge in [-0.15, -0.1) is 6.42 Å². The zero-order valence-corrected chi connectivity index (χ0v) is 13.2. The van der Waals surface area contributed by atoms with Crippen molar-refractivity contribution in [3.8, 4) is 12.3 Å². The van der Waals surface area contributed by atoms with Crippen molar-refractivity contribution >= 4 is 0 Å². The highest BCUT2D eigenvalue weighted by Gasteiger charge is 2.46. The second-order valence-corrected chi connectivity index (χ2v) is 5.79. The molecule has 1 N–H and O–H groups in total. The van der Waals surface area contributed by atoms with Crippen LogP contribution in [-0.4, -0.2) is 29.6 Å². The molecule has 1 aliphatic rings. The molecule has 1 aromatic heterocycles. The van der Waals surface area contributed by atoms with E-state index in [0.717, 1.165) is 6.42 Å². The summed E-state index contributed by atoms with van der Waals surface area (Å²) in [6, 6.07) is -0.0964. The molecule has 2 rings (SSSR count). The van der Waals surface area contributed by atoms with Gasteiger partial charge < -0.3 is 9.47 Å². The third kappa shape index (κ3) is 2.87. The van der Waals surface area contributed by atoms with Crippen LogP contribution >= 0.6 is 0 Å². The molecular weight excluding hydrogens is 284 g/mol. The first-order chi connectivity index (χ1) is 10.5. The molecule has 120 valence electrons. The van der Waals surface area contributed by atoms with Crippen LogP contribution in [0.1, 0.15) is 37.8 Å². The zero-order chi connectivity index (χ0) is 16.3. The molecule has 0 saturated heterocycles. The van der Waals surface area contributed by atoms with E-state index in [-0.39, 0.29) is 24.5 Å². The fourth-order valence-corrected chi connectivity index (χ4v) is 3.18. The third-order valence-electron chi connectivity index (χ3n) is 4.55. The van der Waals surface area contributed by atoms with E-state index in [1.54, 1.807) is 24.8 Å². The van der Waals surface area contributed by atoms with Crippen LogP contribution in [0.5, 0.6) is 0 Å². The quantitative estimate of drug-likeness (QED) is 0.655. The van der Waals surface area contributed by atoms with E-state index in [2.05, 4.69) is 10.9 Å². The molecule has 1 fully saturated rings. The van der Waals surface area contributed by atoms with Gasteiger partial charge in [-0.3, -0.25) is 14.3 Å². The summed E-state index contributed by atoms with van der Waals surface area (Å²) < 4.78 is 12.3. The molecule has 0 unspecified atom stereocenters. The highest BCUT2D eigenvalue weighted by atomic mass is 16.7. The van der Waals surface area contributed by atoms with Gasteiger partial charge in [0.1, 0.15) is 6.79 Å². The number of terminal acetylenes is 1. The van der Waals surface area contributed by atoms with Crippen LogP contribution in [0.3, 0.4) is 0 Å². The van der Waals surface area contributed by atoms with E-state index in [0.29, 0.717) is 18.4 Å². The van der Waals surface area contributed by atoms with Crippen LogP contribution in [-0.2, 0) is 9.47 Å². The van der Waals surface area contributed by atoms with Crippen molar-refractivity contribution in [2.24, 2.45) is 5.41 Å². The lowest BCUT2D eigenvalue weighted by Crippen LogP contribution is -2.33. The first-order valence-electron chi connectivity index (χ1n) is 7.37. The van der Waals surface area contributed by atoms with Crippen LogP contribution in [0.15, 0.2) is 15.8 Å². The van der Waals surface area contributed by atoms with E-state index >= 15 is 0 Å². The second-order valence-electron chi connectivity index (χ2n) is 5.79. The molecule has 1 aliphatic carbocycles. The van der Waals surface area contributed by atoms with Crippen molar-refractivity contribution < 1.29 is 9.47 Å². The molecule has 0 spiro atoms. The van der Waals surface area contributed by atoms with Crippen LogP contribution in [0.25, 0.3) is 0 Å². The molecule has 1 heterocycles. The summed E-state index contributed by atoms with van der Waals surface area (Å²) in [5, 5.41) is 0. The Bertz CT molecular complexity index is 685. The number of hydrogen-bond donors (Lipinski definition) is 1. The predicted molar refractivity (Wildman–Crippen MR) is 82.6 cm³/mol. The Labute approximate surface area is 129 Å². The Hall–Kier alpha value is -1.84. The van der Waals surface area contributed by atoms with Gasteiger partial charge in [-0.25, -0.2) is 4.79 Å². The Morgan fingerprint density at radius 1 is 1.55 bits per heavy atom. The first-order valence-corrected chi connectivity index (χ1v) is 7.37. The highest BCUT2D eigenvalue weighted by molar-refractivity contribution is 5.15. The smallest absolute Gasteiger partial charge is 0.328 e. The fraction of sp³-hybridized carbons (Fsp3) is 0.625. The van der Waals surface area contributed by atoms with Gasteiger partial charge in [0.25, 0.3) is 5.56 Å². The molecule has 0 amide bonds. The number of aromatic nitrogens is 2. The normalized spacial score (nSPS) is 27.7. The Balaban J connectivity index is 2.36. The lowest BCUT2D eigenvalue weighted by molar-refractivity contribution is -0.0964. The van der Waals surface area contributed by atoms with Gasteiger partial charge in [-0.1, -0.05) is 12.8 Å². The van der Waals surface area contributed by atoms with Gasteiger partial charge >= 0.3 is 5.69 Å². The number of methoxy groups -OCH3 is 1. The van der Waals surface area contributed by atoms with Crippen molar-refractivity contribution in [2.45, 2.75) is 45.3 Å². The predicted octanol–water partition coefficient (Wildman–Crippen LogP) is 1.20. The van der Waals surface area contributed by atoms with Crippen molar-refractivity contribution in [2.75, 3.05) is 13.9 Å². The average Bonchev–Trinajstić information content (AvgIpc) is 2.88. The Morgan fingerprint density at radius 3 is 2.86 bits per heavy atom. The minimum atomic E-state index is -0.424. The van der Waals surface area contributed by atoms with Crippen LogP contribution < -0.4 is 11.2 Å². The Morgan fingerprint density at radius 2 is 2.27 bits per heavy atom. The number of aromatic amines is 1. The van der Waals surface area contributed by atoms with Crippen molar-refractivity contribution in [1.29, 1.82) is 0 Å². The molecule has 0 aromatic carbocycles. The fourth-order valence-electron chi connectivity index (χ4n) is 3.18. The summed E-state index contributed by atoms with van der Waals surface area (Å²) in [4.78, 5) is 25.9. The van der Waals surface area contributed by atoms with Crippen molar-refractivity contribution in [3.05, 3.63) is 32.6 Å². The number of hydrogen-bond acceptors (Lipinski definition) is 4. The van der Waals surface area contributed by atoms with Gasteiger partial charge in [-0.05, 0) is 26.2 Å². The topological polar surface area (TPSA) is 73.3 Å². The summed E-state index contributed by atoms with van der Waals surface area (Å²) in [7, 11) is 1.56. The van der Waals surface area contributed by atoms with Gasteiger partial charge in [0.2, 0.25) is 0 Å². The highest BCUT2D eigenvalue weighted by Crippen LogP contribution is 2.47. The monoisotopic (exact) mass is 306 g/mol. The number of rotatable bonds is 5. The number of nitrogens with zero attached hydrogens (tertiary/aromatic N) is 1. The summed E-state index contributed by atoms with van der Waals surface area (Å²) in [6.07, 6.45) is 9.19. The molecule has 3 atom stereocenters. The van der Waals surface area contributed by atoms with E-state index in [1.165, 1.54) is 0 Å². The van der Waals surface area contributed by atoms with Crippen molar-refractivity contribution in [3.63, 3.8) is 0 Å². The van der Waals surface area contributed by atoms with Crippen LogP contribution in [0.4, 0.5) is 0 Å². The molecule has 0 bridgehead atoms. The summed E-state index contributed by atoms with van der Waals surface area (Å²) in [5.41, 5.74) is -0.684. The molecule has 6 nitrogen and oxygen atoms in total. The first kappa shape index (κ1) is 16.5. The molecule has 0 radical (unpaired) electrons. The lowest BCUT2D eigenvalue weighted by atomic mass is 9.82. The van der Waals surface area contributed by atoms with E-state index < -0.39 is 11.1 Å². The van der Waals surface area contributed by atoms with Gasteiger partial charge in [0.05, 0.1) is 11.5 Å². The molecule has 22 heavy (non-hydrogen) atoms. The number of nitrogens with one attached hydrogen (secondary N) is 1. The van der Waals surface area contributed by atoms with Crippen LogP contribution in [0.2, 0.25) is 0 Å². The minimum absolute atomic E-state index is 0.0964. The number of ether oxygens (including phenoxy) is 2. The molecule has 1 aromatic rings. The number of H-pyrrole nitrogens is 1. The Kier molecular flexibility index (Phi) is 4.89. The molecule has 1 saturated carbocycles. The van der Waals surface area contributed by atoms with E-state index in [9.17, 15) is 9.59 Å². The third-order valence-corrected chi connectivity index (χ3v) is 4.55. The molecule has 6 heteroatoms. The van der Waals surface area contributed by atoms with Crippen molar-refractivity contribution in [1.82, 2.24) is 9.55 Å². The molecule has 0 aliphatic heterocycles. The van der Waals surface area contributed by atoms with E-state index in [4.69, 9.17) is 15.9 Å². The second kappa shape index (κ2) is 6.51. The minimum Gasteiger partial charge on any atom is -0.359 e. The van der Waals surface area contributed by atoms with Crippen LogP contribution in [0, 0.1) is 24.7 Å². The standard InChI is InChI=1S/C16H22N2O4/c1-5-16(6-2)8-12(7-13(16)22-10-21-4)18-9-11(3)14(19)17-15(18)20/h1,9,12-13H,6-8,10H2,2-4H3,(H,17,19,20)/t12-,13-,16-/m0/s1. The maximum Gasteiger partial charge on any atom is 0.328 e. The number of aryl methyl sites for hydroxylation is 1. The lowest BCUT2D eigenvalue weighted by Gasteiger charge is -2.28. The maximum atomic E-state index is 12.1. The SMILES string of the molecule is C#C[C@]1(CC)C[C@@H](n2cc(C)c(=O)[nH]c2=O)C[C@@H]1OCOC. The summed E-state index contributed by atoms with van der Waals surface area (Å²) in [5.74, 6) is 2.86. The van der Waals surface area contributed by atoms with Gasteiger partial charge in [0, 0.05) is 24.9 Å². The van der Waals surface area contributed by atoms with E-state index in [1.807, 2.05) is 6.92 Å². The van der Waals surface area contributed by atoms with Gasteiger partial charge in [0.15, 0.2) is 0 Å². The average molecular weight is 306 g/mol. The largest absolute Gasteiger partial charge is 0.359 e.